The molecule has 0 saturated heterocycles. The van der Waals surface area contributed by atoms with Crippen LogP contribution in [-0.4, -0.2) is 36.7 Å². The Morgan fingerprint density at radius 3 is 2.55 bits per heavy atom. The van der Waals surface area contributed by atoms with Gasteiger partial charge in [0.25, 0.3) is 0 Å². The molecule has 5 nitrogen and oxygen atoms in total. The lowest BCUT2D eigenvalue weighted by molar-refractivity contribution is -0.670. The van der Waals surface area contributed by atoms with Gasteiger partial charge in [0, 0.05) is 0 Å². The molecule has 0 amide bonds. The Kier molecular flexibility index (Phi) is 7.21. The molecule has 0 aliphatic heterocycles. The molecule has 0 saturated carbocycles. The molecule has 1 aromatic carbocycles. The van der Waals surface area contributed by atoms with Crippen molar-refractivity contribution in [3.63, 3.8) is 0 Å². The van der Waals surface area contributed by atoms with Crippen LogP contribution in [0.4, 0.5) is 0 Å². The zero-order valence-electron chi connectivity index (χ0n) is 12.1. The largest absolute Gasteiger partial charge is 0.486 e. The van der Waals surface area contributed by atoms with Crippen LogP contribution < -0.4 is 14.8 Å². The molecule has 0 aliphatic rings. The first-order valence-corrected chi connectivity index (χ1v) is 6.66. The number of benzene rings is 1. The third kappa shape index (κ3) is 5.75. The number of quaternary nitrogens is 1. The van der Waals surface area contributed by atoms with Gasteiger partial charge in [0.05, 0.1) is 6.04 Å². The normalized spacial score (nSPS) is 11.4. The molecule has 0 unspecified atom stereocenters. The molecule has 3 N–H and O–H groups in total. The summed E-state index contributed by atoms with van der Waals surface area (Å²) < 4.78 is 11.1. The lowest BCUT2D eigenvalue weighted by Gasteiger charge is -2.12. The van der Waals surface area contributed by atoms with Crippen LogP contribution in [0.5, 0.6) is 11.5 Å². The Labute approximate surface area is 119 Å². The number of rotatable bonds is 9. The number of hydrogen-bond donors (Lipinski definition) is 2. The smallest absolute Gasteiger partial charge is 0.161 e. The van der Waals surface area contributed by atoms with E-state index in [-0.39, 0.29) is 6.61 Å². The van der Waals surface area contributed by atoms with E-state index in [1.165, 1.54) is 0 Å². The number of hydrogen-bond acceptors (Lipinski definition) is 4. The predicted octanol–water partition coefficient (Wildman–Crippen LogP) is 1.43. The molecule has 0 radical (unpaired) electrons. The van der Waals surface area contributed by atoms with Gasteiger partial charge in [-0.05, 0) is 26.0 Å². The van der Waals surface area contributed by atoms with Gasteiger partial charge in [-0.15, -0.1) is 0 Å². The van der Waals surface area contributed by atoms with Crippen molar-refractivity contribution in [2.24, 2.45) is 5.16 Å². The van der Waals surface area contributed by atoms with E-state index in [9.17, 15) is 0 Å². The second-order valence-electron chi connectivity index (χ2n) is 4.69. The SMILES string of the molecule is C=CCOc1ccccc1OC/C(C[NH2+]C(C)C)=N/O. The van der Waals surface area contributed by atoms with Gasteiger partial charge in [-0.2, -0.15) is 0 Å². The van der Waals surface area contributed by atoms with Gasteiger partial charge in [0.2, 0.25) is 0 Å². The lowest BCUT2D eigenvalue weighted by Crippen LogP contribution is -2.90. The highest BCUT2D eigenvalue weighted by Crippen LogP contribution is 2.26. The molecular weight excluding hydrogens is 256 g/mol. The number of para-hydroxylation sites is 2. The third-order valence-corrected chi connectivity index (χ3v) is 2.57. The molecule has 0 spiro atoms. The summed E-state index contributed by atoms with van der Waals surface area (Å²) in [7, 11) is 0. The Bertz CT molecular complexity index is 444. The van der Waals surface area contributed by atoms with Crippen LogP contribution in [0.15, 0.2) is 42.1 Å². The summed E-state index contributed by atoms with van der Waals surface area (Å²) >= 11 is 0. The fraction of sp³-hybridized carbons (Fsp3) is 0.400. The number of ether oxygens (including phenoxy) is 2. The maximum Gasteiger partial charge on any atom is 0.161 e. The predicted molar refractivity (Wildman–Crippen MR) is 78.8 cm³/mol. The molecular formula is C15H23N2O3+. The monoisotopic (exact) mass is 279 g/mol. The molecule has 0 heterocycles. The average Bonchev–Trinajstić information content (AvgIpc) is 2.46. The van der Waals surface area contributed by atoms with Crippen LogP contribution in [0.25, 0.3) is 0 Å². The van der Waals surface area contributed by atoms with Gasteiger partial charge in [-0.3, -0.25) is 0 Å². The van der Waals surface area contributed by atoms with E-state index in [0.717, 1.165) is 0 Å². The summed E-state index contributed by atoms with van der Waals surface area (Å²) in [6.07, 6.45) is 1.68. The zero-order valence-corrected chi connectivity index (χ0v) is 12.1. The van der Waals surface area contributed by atoms with Gasteiger partial charge >= 0.3 is 0 Å². The third-order valence-electron chi connectivity index (χ3n) is 2.57. The quantitative estimate of drug-likeness (QED) is 0.311. The van der Waals surface area contributed by atoms with Crippen LogP contribution in [0.2, 0.25) is 0 Å². The van der Waals surface area contributed by atoms with Crippen molar-refractivity contribution < 1.29 is 20.0 Å². The van der Waals surface area contributed by atoms with Crippen molar-refractivity contribution in [3.05, 3.63) is 36.9 Å². The van der Waals surface area contributed by atoms with E-state index in [1.807, 2.05) is 24.3 Å². The molecule has 0 fully saturated rings. The Morgan fingerprint density at radius 2 is 2.00 bits per heavy atom. The standard InChI is InChI=1S/C15H22N2O3/c1-4-9-19-14-7-5-6-8-15(14)20-11-13(17-18)10-16-12(2)3/h4-8,12,16,18H,1,9-11H2,2-3H3/p+1/b17-13+. The van der Waals surface area contributed by atoms with E-state index < -0.39 is 0 Å². The summed E-state index contributed by atoms with van der Waals surface area (Å²) in [6.45, 7) is 9.02. The van der Waals surface area contributed by atoms with E-state index in [2.05, 4.69) is 30.9 Å². The minimum absolute atomic E-state index is 0.230. The fourth-order valence-corrected chi connectivity index (χ4v) is 1.50. The Balaban J connectivity index is 2.57. The van der Waals surface area contributed by atoms with Crippen LogP contribution in [0, 0.1) is 0 Å². The van der Waals surface area contributed by atoms with Gasteiger partial charge in [0.15, 0.2) is 11.5 Å². The van der Waals surface area contributed by atoms with Crippen molar-refractivity contribution in [3.8, 4) is 11.5 Å². The number of nitrogens with zero attached hydrogens (tertiary/aromatic N) is 1. The summed E-state index contributed by atoms with van der Waals surface area (Å²) in [5.41, 5.74) is 0.581. The summed E-state index contributed by atoms with van der Waals surface area (Å²) in [5.74, 6) is 1.28. The molecule has 0 bridgehead atoms. The second-order valence-corrected chi connectivity index (χ2v) is 4.69. The van der Waals surface area contributed by atoms with Gasteiger partial charge in [-0.25, -0.2) is 0 Å². The van der Waals surface area contributed by atoms with Crippen LogP contribution in [0.1, 0.15) is 13.8 Å². The van der Waals surface area contributed by atoms with Crippen molar-refractivity contribution in [2.75, 3.05) is 19.8 Å². The minimum Gasteiger partial charge on any atom is -0.486 e. The summed E-state index contributed by atoms with van der Waals surface area (Å²) in [4.78, 5) is 0. The lowest BCUT2D eigenvalue weighted by atomic mass is 10.3. The highest BCUT2D eigenvalue weighted by atomic mass is 16.5. The topological polar surface area (TPSA) is 67.7 Å². The maximum atomic E-state index is 8.97. The highest BCUT2D eigenvalue weighted by molar-refractivity contribution is 5.86. The van der Waals surface area contributed by atoms with E-state index in [4.69, 9.17) is 14.7 Å². The van der Waals surface area contributed by atoms with E-state index in [1.54, 1.807) is 6.08 Å². The van der Waals surface area contributed by atoms with Crippen molar-refractivity contribution >= 4 is 5.71 Å². The fourth-order valence-electron chi connectivity index (χ4n) is 1.50. The average molecular weight is 279 g/mol. The van der Waals surface area contributed by atoms with Gasteiger partial charge in [-0.1, -0.05) is 29.9 Å². The Morgan fingerprint density at radius 1 is 1.35 bits per heavy atom. The second kappa shape index (κ2) is 8.98. The number of oxime groups is 1. The minimum atomic E-state index is 0.230. The maximum absolute atomic E-state index is 8.97. The molecule has 0 atom stereocenters. The van der Waals surface area contributed by atoms with Gasteiger partial charge < -0.3 is 20.0 Å². The molecule has 1 rings (SSSR count). The Hall–Kier alpha value is -2.01. The van der Waals surface area contributed by atoms with Gasteiger partial charge in [0.1, 0.15) is 25.5 Å². The van der Waals surface area contributed by atoms with Crippen molar-refractivity contribution in [1.29, 1.82) is 0 Å². The highest BCUT2D eigenvalue weighted by Gasteiger charge is 2.09. The summed E-state index contributed by atoms with van der Waals surface area (Å²) in [6, 6.07) is 7.83. The first-order valence-electron chi connectivity index (χ1n) is 6.66. The molecule has 0 aromatic heterocycles. The van der Waals surface area contributed by atoms with Crippen LogP contribution in [-0.2, 0) is 0 Å². The van der Waals surface area contributed by atoms with Crippen molar-refractivity contribution in [2.45, 2.75) is 19.9 Å². The van der Waals surface area contributed by atoms with E-state index in [0.29, 0.717) is 36.4 Å². The molecule has 1 aromatic rings. The molecule has 20 heavy (non-hydrogen) atoms. The van der Waals surface area contributed by atoms with E-state index >= 15 is 0 Å². The summed E-state index contributed by atoms with van der Waals surface area (Å²) in [5, 5.41) is 14.3. The number of nitrogens with two attached hydrogens (primary N) is 1. The van der Waals surface area contributed by atoms with Crippen molar-refractivity contribution in [1.82, 2.24) is 0 Å². The first-order chi connectivity index (χ1) is 9.67. The molecule has 0 aliphatic carbocycles. The van der Waals surface area contributed by atoms with Crippen LogP contribution in [0.3, 0.4) is 0 Å². The van der Waals surface area contributed by atoms with Crippen LogP contribution >= 0.6 is 0 Å². The molecule has 110 valence electrons. The zero-order chi connectivity index (χ0) is 14.8. The molecule has 5 heteroatoms. The first kappa shape index (κ1) is 16.0.